The first kappa shape index (κ1) is 16.8. The zero-order chi connectivity index (χ0) is 17.8. The van der Waals surface area contributed by atoms with Crippen molar-refractivity contribution in [1.82, 2.24) is 14.8 Å². The van der Waals surface area contributed by atoms with Gasteiger partial charge in [-0.15, -0.1) is 0 Å². The number of hydrogen-bond donors (Lipinski definition) is 0. The van der Waals surface area contributed by atoms with Crippen molar-refractivity contribution < 1.29 is 9.18 Å². The number of nitrogens with zero attached hydrogens (tertiary/aromatic N) is 3. The van der Waals surface area contributed by atoms with Gasteiger partial charge in [0.1, 0.15) is 12.1 Å². The lowest BCUT2D eigenvalue weighted by atomic mass is 10.00. The molecule has 0 bridgehead atoms. The van der Waals surface area contributed by atoms with E-state index < -0.39 is 0 Å². The third-order valence-electron chi connectivity index (χ3n) is 3.82. The van der Waals surface area contributed by atoms with E-state index >= 15 is 0 Å². The number of hydrogen-bond acceptors (Lipinski definition) is 3. The van der Waals surface area contributed by atoms with Crippen molar-refractivity contribution in [2.24, 2.45) is 0 Å². The maximum atomic E-state index is 13.4. The fraction of sp³-hybridized carbons (Fsp3) is 0.150. The molecule has 0 spiro atoms. The summed E-state index contributed by atoms with van der Waals surface area (Å²) in [6.07, 6.45) is 5.62. The largest absolute Gasteiger partial charge is 0.299 e. The Bertz CT molecular complexity index is 897. The molecule has 126 valence electrons. The fourth-order valence-electron chi connectivity index (χ4n) is 2.70. The van der Waals surface area contributed by atoms with Crippen LogP contribution in [0.1, 0.15) is 31.0 Å². The Balaban J connectivity index is 2.32. The Morgan fingerprint density at radius 2 is 1.88 bits per heavy atom. The summed E-state index contributed by atoms with van der Waals surface area (Å²) in [4.78, 5) is 15.2. The van der Waals surface area contributed by atoms with Gasteiger partial charge in [-0.05, 0) is 54.5 Å². The Labute approximate surface area is 145 Å². The monoisotopic (exact) mass is 335 g/mol. The average Bonchev–Trinajstić information content (AvgIpc) is 3.01. The summed E-state index contributed by atoms with van der Waals surface area (Å²) < 4.78 is 15.1. The van der Waals surface area contributed by atoms with Gasteiger partial charge in [0.25, 0.3) is 0 Å². The quantitative estimate of drug-likeness (QED) is 0.512. The van der Waals surface area contributed by atoms with E-state index in [0.29, 0.717) is 5.82 Å². The van der Waals surface area contributed by atoms with Crippen molar-refractivity contribution in [3.8, 4) is 17.1 Å². The van der Waals surface area contributed by atoms with Crippen molar-refractivity contribution in [3.63, 3.8) is 0 Å². The molecule has 0 aliphatic rings. The highest BCUT2D eigenvalue weighted by atomic mass is 19.1. The molecule has 0 unspecified atom stereocenters. The smallest absolute Gasteiger partial charge is 0.154 e. The first-order valence-corrected chi connectivity index (χ1v) is 8.04. The number of benzene rings is 1. The number of aldehydes is 1. The van der Waals surface area contributed by atoms with Crippen LogP contribution in [-0.4, -0.2) is 21.1 Å². The molecule has 3 rings (SSSR count). The highest BCUT2D eigenvalue weighted by molar-refractivity contribution is 5.81. The van der Waals surface area contributed by atoms with Gasteiger partial charge in [0.2, 0.25) is 0 Å². The van der Waals surface area contributed by atoms with Crippen LogP contribution in [0.4, 0.5) is 4.39 Å². The number of allylic oxidation sites excluding steroid dienone is 1. The molecule has 5 heteroatoms. The lowest BCUT2D eigenvalue weighted by Crippen LogP contribution is -2.02. The summed E-state index contributed by atoms with van der Waals surface area (Å²) in [6.45, 7) is 4.08. The summed E-state index contributed by atoms with van der Waals surface area (Å²) in [5.74, 6) is 0.506. The molecule has 0 saturated heterocycles. The Hall–Kier alpha value is -3.08. The molecule has 0 aliphatic heterocycles. The van der Waals surface area contributed by atoms with Gasteiger partial charge < -0.3 is 0 Å². The number of carbonyl (C=O) groups excluding carboxylic acids is 1. The minimum absolute atomic E-state index is 0.149. The van der Waals surface area contributed by atoms with Crippen molar-refractivity contribution in [2.75, 3.05) is 0 Å². The second kappa shape index (κ2) is 7.21. The maximum Gasteiger partial charge on any atom is 0.154 e. The van der Waals surface area contributed by atoms with Crippen molar-refractivity contribution >= 4 is 12.4 Å². The molecule has 25 heavy (non-hydrogen) atoms. The third-order valence-corrected chi connectivity index (χ3v) is 3.82. The predicted octanol–water partition coefficient (Wildman–Crippen LogP) is 4.41. The lowest BCUT2D eigenvalue weighted by Gasteiger charge is -2.08. The van der Waals surface area contributed by atoms with E-state index in [-0.39, 0.29) is 11.7 Å². The van der Waals surface area contributed by atoms with Crippen LogP contribution in [0.15, 0.2) is 54.7 Å². The maximum absolute atomic E-state index is 13.4. The highest BCUT2D eigenvalue weighted by Crippen LogP contribution is 2.33. The molecule has 0 saturated carbocycles. The number of halogens is 1. The lowest BCUT2D eigenvalue weighted by molar-refractivity contribution is -0.104. The minimum atomic E-state index is -0.304. The van der Waals surface area contributed by atoms with Crippen LogP contribution >= 0.6 is 0 Å². The first-order valence-electron chi connectivity index (χ1n) is 8.04. The summed E-state index contributed by atoms with van der Waals surface area (Å²) in [5.41, 5.74) is 3.26. The van der Waals surface area contributed by atoms with Crippen LogP contribution in [0.25, 0.3) is 23.2 Å². The second-order valence-electron chi connectivity index (χ2n) is 5.90. The zero-order valence-electron chi connectivity index (χ0n) is 14.1. The van der Waals surface area contributed by atoms with Crippen molar-refractivity contribution in [2.45, 2.75) is 19.8 Å². The van der Waals surface area contributed by atoms with Crippen LogP contribution in [0.5, 0.6) is 0 Å². The van der Waals surface area contributed by atoms with Gasteiger partial charge >= 0.3 is 0 Å². The Kier molecular flexibility index (Phi) is 4.84. The molecule has 1 aromatic carbocycles. The molecule has 3 aromatic rings. The average molecular weight is 335 g/mol. The van der Waals surface area contributed by atoms with Crippen LogP contribution in [0.3, 0.4) is 0 Å². The Morgan fingerprint density at radius 1 is 1.12 bits per heavy atom. The highest BCUT2D eigenvalue weighted by Gasteiger charge is 2.21. The van der Waals surface area contributed by atoms with Crippen LogP contribution in [0.2, 0.25) is 0 Å². The van der Waals surface area contributed by atoms with Gasteiger partial charge in [-0.3, -0.25) is 4.79 Å². The molecule has 0 N–H and O–H groups in total. The third kappa shape index (κ3) is 3.40. The van der Waals surface area contributed by atoms with Crippen molar-refractivity contribution in [1.29, 1.82) is 0 Å². The van der Waals surface area contributed by atoms with Gasteiger partial charge in [-0.25, -0.2) is 14.1 Å². The van der Waals surface area contributed by atoms with E-state index in [9.17, 15) is 9.18 Å². The normalized spacial score (nSPS) is 11.4. The minimum Gasteiger partial charge on any atom is -0.299 e. The zero-order valence-corrected chi connectivity index (χ0v) is 14.1. The van der Waals surface area contributed by atoms with Gasteiger partial charge in [0, 0.05) is 17.3 Å². The number of aromatic nitrogens is 3. The van der Waals surface area contributed by atoms with Gasteiger partial charge in [-0.2, -0.15) is 5.10 Å². The fourth-order valence-corrected chi connectivity index (χ4v) is 2.70. The standard InChI is InChI=1S/C20H18FN3O/c1-14(2)19-17(6-5-13-25)20(15-8-10-16(21)11-9-15)24(23-19)18-7-3-4-12-22-18/h3-14H,1-2H3/b6-5+. The number of rotatable bonds is 5. The van der Waals surface area contributed by atoms with E-state index in [1.165, 1.54) is 18.2 Å². The van der Waals surface area contributed by atoms with Crippen LogP contribution < -0.4 is 0 Å². The predicted molar refractivity (Wildman–Crippen MR) is 95.9 cm³/mol. The molecule has 0 amide bonds. The number of pyridine rings is 1. The molecule has 0 fully saturated rings. The molecular formula is C20H18FN3O. The summed E-state index contributed by atoms with van der Waals surface area (Å²) in [5, 5.41) is 4.72. The number of carbonyl (C=O) groups is 1. The molecule has 0 atom stereocenters. The molecule has 4 nitrogen and oxygen atoms in total. The Morgan fingerprint density at radius 3 is 2.48 bits per heavy atom. The van der Waals surface area contributed by atoms with E-state index in [1.807, 2.05) is 32.0 Å². The van der Waals surface area contributed by atoms with E-state index in [1.54, 1.807) is 29.1 Å². The second-order valence-corrected chi connectivity index (χ2v) is 5.90. The van der Waals surface area contributed by atoms with Gasteiger partial charge in [0.05, 0.1) is 11.4 Å². The summed E-state index contributed by atoms with van der Waals surface area (Å²) in [6, 6.07) is 11.8. The molecule has 0 radical (unpaired) electrons. The first-order chi connectivity index (χ1) is 12.1. The molecular weight excluding hydrogens is 317 g/mol. The summed E-state index contributed by atoms with van der Waals surface area (Å²) in [7, 11) is 0. The molecule has 2 aromatic heterocycles. The van der Waals surface area contributed by atoms with E-state index in [2.05, 4.69) is 4.98 Å². The topological polar surface area (TPSA) is 47.8 Å². The van der Waals surface area contributed by atoms with Crippen LogP contribution in [0, 0.1) is 5.82 Å². The van der Waals surface area contributed by atoms with E-state index in [4.69, 9.17) is 5.10 Å². The van der Waals surface area contributed by atoms with Gasteiger partial charge in [0.15, 0.2) is 5.82 Å². The van der Waals surface area contributed by atoms with Crippen molar-refractivity contribution in [3.05, 3.63) is 71.8 Å². The molecule has 2 heterocycles. The summed E-state index contributed by atoms with van der Waals surface area (Å²) >= 11 is 0. The SMILES string of the molecule is CC(C)c1nn(-c2ccccn2)c(-c2ccc(F)cc2)c1/C=C/C=O. The van der Waals surface area contributed by atoms with Crippen LogP contribution in [-0.2, 0) is 4.79 Å². The van der Waals surface area contributed by atoms with E-state index in [0.717, 1.165) is 28.8 Å². The molecule has 0 aliphatic carbocycles. The van der Waals surface area contributed by atoms with Gasteiger partial charge in [-0.1, -0.05) is 19.9 Å².